The van der Waals surface area contributed by atoms with Gasteiger partial charge in [0.15, 0.2) is 5.84 Å². The summed E-state index contributed by atoms with van der Waals surface area (Å²) in [4.78, 5) is 19.3. The van der Waals surface area contributed by atoms with Gasteiger partial charge in [0, 0.05) is 12.4 Å². The Labute approximate surface area is 113 Å². The van der Waals surface area contributed by atoms with Crippen LogP contribution in [0, 0.1) is 5.82 Å². The van der Waals surface area contributed by atoms with Crippen molar-refractivity contribution < 1.29 is 14.4 Å². The molecule has 0 atom stereocenters. The minimum atomic E-state index is -0.720. The van der Waals surface area contributed by atoms with Crippen molar-refractivity contribution in [3.05, 3.63) is 53.9 Å². The van der Waals surface area contributed by atoms with Gasteiger partial charge in [0.2, 0.25) is 0 Å². The molecule has 1 heterocycles. The number of amides is 1. The number of aromatic nitrogens is 2. The van der Waals surface area contributed by atoms with Crippen molar-refractivity contribution in [2.75, 3.05) is 5.32 Å². The fourth-order valence-corrected chi connectivity index (χ4v) is 1.55. The van der Waals surface area contributed by atoms with Crippen LogP contribution in [-0.4, -0.2) is 26.9 Å². The van der Waals surface area contributed by atoms with Crippen LogP contribution in [0.15, 0.2) is 42.1 Å². The Morgan fingerprint density at radius 3 is 2.70 bits per heavy atom. The average molecular weight is 275 g/mol. The van der Waals surface area contributed by atoms with Gasteiger partial charge in [0.25, 0.3) is 5.91 Å². The van der Waals surface area contributed by atoms with Crippen LogP contribution in [0.5, 0.6) is 0 Å². The number of nitrogens with one attached hydrogen (secondary N) is 1. The van der Waals surface area contributed by atoms with Crippen molar-refractivity contribution in [2.24, 2.45) is 10.9 Å². The number of carbonyl (C=O) groups excluding carboxylic acids is 1. The van der Waals surface area contributed by atoms with Crippen LogP contribution in [0.25, 0.3) is 0 Å². The van der Waals surface area contributed by atoms with Crippen molar-refractivity contribution in [1.29, 1.82) is 0 Å². The fourth-order valence-electron chi connectivity index (χ4n) is 1.55. The number of oxime groups is 1. The fraction of sp³-hybridized carbons (Fsp3) is 0. The lowest BCUT2D eigenvalue weighted by Crippen LogP contribution is -2.20. The van der Waals surface area contributed by atoms with Crippen LogP contribution in [0.2, 0.25) is 0 Å². The second-order valence-electron chi connectivity index (χ2n) is 3.73. The standard InChI is InChI=1S/C12H10FN5O2/c13-8-2-1-3-9(10(8)11(14)18-20)17-12(19)7-4-15-6-16-5-7/h1-6,20H,(H2,14,18)(H,17,19). The number of hydrogen-bond donors (Lipinski definition) is 3. The van der Waals surface area contributed by atoms with Crippen LogP contribution < -0.4 is 11.1 Å². The molecule has 20 heavy (non-hydrogen) atoms. The summed E-state index contributed by atoms with van der Waals surface area (Å²) in [7, 11) is 0. The molecule has 1 amide bonds. The van der Waals surface area contributed by atoms with Gasteiger partial charge in [-0.3, -0.25) is 4.79 Å². The zero-order valence-electron chi connectivity index (χ0n) is 10.1. The normalized spacial score (nSPS) is 11.2. The first-order valence-corrected chi connectivity index (χ1v) is 5.46. The van der Waals surface area contributed by atoms with Gasteiger partial charge < -0.3 is 16.3 Å². The molecule has 0 saturated heterocycles. The highest BCUT2D eigenvalue weighted by atomic mass is 19.1. The van der Waals surface area contributed by atoms with E-state index in [4.69, 9.17) is 10.9 Å². The van der Waals surface area contributed by atoms with Gasteiger partial charge in [0.05, 0.1) is 16.8 Å². The van der Waals surface area contributed by atoms with E-state index in [1.165, 1.54) is 30.9 Å². The SMILES string of the molecule is N/C(=N/O)c1c(F)cccc1NC(=O)c1cncnc1. The summed E-state index contributed by atoms with van der Waals surface area (Å²) in [5.41, 5.74) is 5.47. The number of benzene rings is 1. The Morgan fingerprint density at radius 1 is 1.35 bits per heavy atom. The van der Waals surface area contributed by atoms with E-state index in [0.29, 0.717) is 0 Å². The predicted molar refractivity (Wildman–Crippen MR) is 68.9 cm³/mol. The van der Waals surface area contributed by atoms with Crippen LogP contribution in [0.3, 0.4) is 0 Å². The van der Waals surface area contributed by atoms with E-state index in [1.807, 2.05) is 0 Å². The molecule has 0 aliphatic rings. The van der Waals surface area contributed by atoms with Gasteiger partial charge in [-0.1, -0.05) is 11.2 Å². The third-order valence-corrected chi connectivity index (χ3v) is 2.45. The molecule has 0 aliphatic heterocycles. The van der Waals surface area contributed by atoms with E-state index in [-0.39, 0.29) is 16.8 Å². The van der Waals surface area contributed by atoms with Gasteiger partial charge in [-0.2, -0.15) is 0 Å². The molecule has 7 nitrogen and oxygen atoms in total. The maximum Gasteiger partial charge on any atom is 0.258 e. The summed E-state index contributed by atoms with van der Waals surface area (Å²) in [5.74, 6) is -1.70. The second-order valence-corrected chi connectivity index (χ2v) is 3.73. The van der Waals surface area contributed by atoms with E-state index in [2.05, 4.69) is 20.4 Å². The van der Waals surface area contributed by atoms with Gasteiger partial charge in [-0.15, -0.1) is 0 Å². The maximum atomic E-state index is 13.7. The second kappa shape index (κ2) is 5.74. The van der Waals surface area contributed by atoms with Crippen molar-refractivity contribution >= 4 is 17.4 Å². The molecule has 2 aromatic rings. The Hall–Kier alpha value is -3.03. The van der Waals surface area contributed by atoms with Gasteiger partial charge in [-0.25, -0.2) is 14.4 Å². The predicted octanol–water partition coefficient (Wildman–Crippen LogP) is 0.963. The highest BCUT2D eigenvalue weighted by molar-refractivity contribution is 6.09. The van der Waals surface area contributed by atoms with Crippen molar-refractivity contribution in [3.63, 3.8) is 0 Å². The number of anilines is 1. The van der Waals surface area contributed by atoms with Gasteiger partial charge >= 0.3 is 0 Å². The molecule has 0 bridgehead atoms. The molecule has 0 aliphatic carbocycles. The molecule has 1 aromatic heterocycles. The van der Waals surface area contributed by atoms with Crippen LogP contribution >= 0.6 is 0 Å². The summed E-state index contributed by atoms with van der Waals surface area (Å²) in [6.07, 6.45) is 3.90. The number of carbonyl (C=O) groups is 1. The zero-order chi connectivity index (χ0) is 14.5. The van der Waals surface area contributed by atoms with E-state index in [0.717, 1.165) is 6.07 Å². The summed E-state index contributed by atoms with van der Waals surface area (Å²) in [5, 5.41) is 13.8. The van der Waals surface area contributed by atoms with E-state index in [1.54, 1.807) is 0 Å². The minimum Gasteiger partial charge on any atom is -0.409 e. The molecular formula is C12H10FN5O2. The molecule has 102 valence electrons. The molecule has 8 heteroatoms. The quantitative estimate of drug-likeness (QED) is 0.334. The number of rotatable bonds is 3. The first-order valence-electron chi connectivity index (χ1n) is 5.46. The van der Waals surface area contributed by atoms with E-state index in [9.17, 15) is 9.18 Å². The van der Waals surface area contributed by atoms with Crippen LogP contribution in [0.4, 0.5) is 10.1 Å². The highest BCUT2D eigenvalue weighted by Gasteiger charge is 2.15. The van der Waals surface area contributed by atoms with Gasteiger partial charge in [0.1, 0.15) is 12.1 Å². The number of amidine groups is 1. The summed E-state index contributed by atoms with van der Waals surface area (Å²) < 4.78 is 13.7. The average Bonchev–Trinajstić information content (AvgIpc) is 2.47. The number of nitrogens with zero attached hydrogens (tertiary/aromatic N) is 3. The Kier molecular flexibility index (Phi) is 3.85. The third-order valence-electron chi connectivity index (χ3n) is 2.45. The first-order chi connectivity index (χ1) is 9.63. The molecule has 0 saturated carbocycles. The number of nitrogens with two attached hydrogens (primary N) is 1. The van der Waals surface area contributed by atoms with Gasteiger partial charge in [-0.05, 0) is 12.1 Å². The lowest BCUT2D eigenvalue weighted by Gasteiger charge is -2.10. The Balaban J connectivity index is 2.35. The molecule has 0 radical (unpaired) electrons. The van der Waals surface area contributed by atoms with E-state index >= 15 is 0 Å². The number of halogens is 1. The van der Waals surface area contributed by atoms with Crippen LogP contribution in [0.1, 0.15) is 15.9 Å². The lowest BCUT2D eigenvalue weighted by atomic mass is 10.1. The third kappa shape index (κ3) is 2.69. The molecular weight excluding hydrogens is 265 g/mol. The topological polar surface area (TPSA) is 113 Å². The molecule has 0 unspecified atom stereocenters. The molecule has 1 aromatic carbocycles. The van der Waals surface area contributed by atoms with Crippen molar-refractivity contribution in [3.8, 4) is 0 Å². The lowest BCUT2D eigenvalue weighted by molar-refractivity contribution is 0.102. The Bertz CT molecular complexity index is 660. The van der Waals surface area contributed by atoms with Crippen LogP contribution in [-0.2, 0) is 0 Å². The summed E-state index contributed by atoms with van der Waals surface area (Å²) in [6.45, 7) is 0. The smallest absolute Gasteiger partial charge is 0.258 e. The molecule has 0 fully saturated rings. The Morgan fingerprint density at radius 2 is 2.05 bits per heavy atom. The van der Waals surface area contributed by atoms with E-state index < -0.39 is 17.6 Å². The number of hydrogen-bond acceptors (Lipinski definition) is 5. The minimum absolute atomic E-state index is 0.0779. The summed E-state index contributed by atoms with van der Waals surface area (Å²) in [6, 6.07) is 3.95. The maximum absolute atomic E-state index is 13.7. The first kappa shape index (κ1) is 13.4. The zero-order valence-corrected chi connectivity index (χ0v) is 10.1. The largest absolute Gasteiger partial charge is 0.409 e. The molecule has 2 rings (SSSR count). The molecule has 4 N–H and O–H groups in total. The summed E-state index contributed by atoms with van der Waals surface area (Å²) >= 11 is 0. The molecule has 0 spiro atoms. The monoisotopic (exact) mass is 275 g/mol. The van der Waals surface area contributed by atoms with Crippen molar-refractivity contribution in [1.82, 2.24) is 9.97 Å². The highest BCUT2D eigenvalue weighted by Crippen LogP contribution is 2.19. The van der Waals surface area contributed by atoms with Crippen molar-refractivity contribution in [2.45, 2.75) is 0 Å².